The van der Waals surface area contributed by atoms with Crippen LogP contribution < -0.4 is 9.62 Å². The second kappa shape index (κ2) is 8.67. The smallest absolute Gasteiger partial charge is 0.232 e. The van der Waals surface area contributed by atoms with Crippen LogP contribution in [-0.4, -0.2) is 27.1 Å². The Hall–Kier alpha value is -2.19. The average molecular weight is 417 g/mol. The first-order valence-corrected chi connectivity index (χ1v) is 10.3. The number of hydrogen-bond acceptors (Lipinski definition) is 3. The van der Waals surface area contributed by atoms with E-state index in [1.807, 2.05) is 0 Å². The van der Waals surface area contributed by atoms with Crippen molar-refractivity contribution >= 4 is 38.9 Å². The molecule has 0 spiro atoms. The van der Waals surface area contributed by atoms with Gasteiger partial charge in [0.25, 0.3) is 0 Å². The molecule has 0 heterocycles. The summed E-state index contributed by atoms with van der Waals surface area (Å²) >= 11 is 6.06. The highest BCUT2D eigenvalue weighted by atomic mass is 35.5. The Kier molecular flexibility index (Phi) is 6.78. The molecule has 0 fully saturated rings. The lowest BCUT2D eigenvalue weighted by atomic mass is 10.2. The fraction of sp³-hybridized carbons (Fsp3) is 0.278. The Balaban J connectivity index is 2.03. The molecule has 2 aromatic rings. The Labute approximate surface area is 162 Å². The molecule has 9 heteroatoms. The highest BCUT2D eigenvalue weighted by Crippen LogP contribution is 2.28. The monoisotopic (exact) mass is 416 g/mol. The second-order valence-electron chi connectivity index (χ2n) is 5.99. The van der Waals surface area contributed by atoms with Crippen LogP contribution in [0.4, 0.5) is 20.2 Å². The van der Waals surface area contributed by atoms with E-state index in [2.05, 4.69) is 5.32 Å². The van der Waals surface area contributed by atoms with Crippen LogP contribution in [0.1, 0.15) is 18.4 Å². The first kappa shape index (κ1) is 21.1. The Morgan fingerprint density at radius 1 is 1.22 bits per heavy atom. The van der Waals surface area contributed by atoms with Crippen LogP contribution in [0.5, 0.6) is 0 Å². The maximum atomic E-state index is 13.6. The number of benzene rings is 2. The normalized spacial score (nSPS) is 11.3. The largest absolute Gasteiger partial charge is 0.324 e. The van der Waals surface area contributed by atoms with Gasteiger partial charge in [-0.15, -0.1) is 0 Å². The van der Waals surface area contributed by atoms with E-state index in [1.54, 1.807) is 25.1 Å². The highest BCUT2D eigenvalue weighted by Gasteiger charge is 2.20. The molecule has 0 aromatic heterocycles. The molecule has 0 radical (unpaired) electrons. The van der Waals surface area contributed by atoms with Crippen LogP contribution in [0.15, 0.2) is 36.4 Å². The number of carbonyl (C=O) groups excluding carboxylic acids is 1. The summed E-state index contributed by atoms with van der Waals surface area (Å²) in [6, 6.07) is 7.77. The van der Waals surface area contributed by atoms with Crippen LogP contribution in [0, 0.1) is 18.6 Å². The van der Waals surface area contributed by atoms with Gasteiger partial charge in [-0.3, -0.25) is 9.10 Å². The van der Waals surface area contributed by atoms with Gasteiger partial charge in [-0.2, -0.15) is 0 Å². The first-order chi connectivity index (χ1) is 12.6. The Morgan fingerprint density at radius 3 is 2.56 bits per heavy atom. The zero-order valence-electron chi connectivity index (χ0n) is 14.8. The molecule has 2 aromatic carbocycles. The summed E-state index contributed by atoms with van der Waals surface area (Å²) in [4.78, 5) is 12.0. The molecular weight excluding hydrogens is 398 g/mol. The van der Waals surface area contributed by atoms with Crippen LogP contribution in [0.3, 0.4) is 0 Å². The number of hydrogen-bond donors (Lipinski definition) is 1. The average Bonchev–Trinajstić information content (AvgIpc) is 2.56. The van der Waals surface area contributed by atoms with Gasteiger partial charge >= 0.3 is 0 Å². The van der Waals surface area contributed by atoms with E-state index in [0.29, 0.717) is 22.3 Å². The van der Waals surface area contributed by atoms with E-state index in [0.717, 1.165) is 18.4 Å². The van der Waals surface area contributed by atoms with Crippen molar-refractivity contribution in [3.05, 3.63) is 58.6 Å². The van der Waals surface area contributed by atoms with Gasteiger partial charge in [0.15, 0.2) is 0 Å². The summed E-state index contributed by atoms with van der Waals surface area (Å²) in [5, 5.41) is 2.78. The number of nitrogens with one attached hydrogen (secondary N) is 1. The highest BCUT2D eigenvalue weighted by molar-refractivity contribution is 7.92. The van der Waals surface area contributed by atoms with E-state index in [1.165, 1.54) is 4.31 Å². The molecule has 0 bridgehead atoms. The van der Waals surface area contributed by atoms with Crippen molar-refractivity contribution in [1.82, 2.24) is 0 Å². The lowest BCUT2D eigenvalue weighted by Gasteiger charge is -2.24. The van der Waals surface area contributed by atoms with Crippen molar-refractivity contribution in [3.8, 4) is 0 Å². The van der Waals surface area contributed by atoms with E-state index < -0.39 is 27.6 Å². The van der Waals surface area contributed by atoms with E-state index >= 15 is 0 Å². The molecular formula is C18H19ClF2N2O3S. The van der Waals surface area contributed by atoms with Gasteiger partial charge in [-0.1, -0.05) is 17.7 Å². The molecule has 0 saturated carbocycles. The number of rotatable bonds is 7. The van der Waals surface area contributed by atoms with E-state index in [9.17, 15) is 22.0 Å². The van der Waals surface area contributed by atoms with Gasteiger partial charge in [0.1, 0.15) is 11.6 Å². The fourth-order valence-electron chi connectivity index (χ4n) is 2.52. The standard InChI is InChI=1S/C18H19ClF2N2O3S/c1-12-14(19)5-3-6-17(12)23(27(2,25)26)10-4-7-18(24)22-16-9-8-13(20)11-15(16)21/h3,5-6,8-9,11H,4,7,10H2,1-2H3,(H,22,24). The van der Waals surface area contributed by atoms with Gasteiger partial charge in [0.05, 0.1) is 17.6 Å². The molecule has 0 aliphatic rings. The molecule has 0 saturated heterocycles. The summed E-state index contributed by atoms with van der Waals surface area (Å²) in [7, 11) is -3.58. The maximum Gasteiger partial charge on any atom is 0.232 e. The predicted molar refractivity (Wildman–Crippen MR) is 103 cm³/mol. The van der Waals surface area contributed by atoms with Crippen LogP contribution in [0.25, 0.3) is 0 Å². The Bertz CT molecular complexity index is 952. The number of carbonyl (C=O) groups is 1. The molecule has 27 heavy (non-hydrogen) atoms. The quantitative estimate of drug-likeness (QED) is 0.738. The van der Waals surface area contributed by atoms with Crippen molar-refractivity contribution in [2.45, 2.75) is 19.8 Å². The van der Waals surface area contributed by atoms with Gasteiger partial charge in [0, 0.05) is 24.1 Å². The molecule has 0 atom stereocenters. The summed E-state index contributed by atoms with van der Waals surface area (Å²) in [5.41, 5.74) is 0.921. The van der Waals surface area contributed by atoms with Crippen LogP contribution >= 0.6 is 11.6 Å². The number of anilines is 2. The van der Waals surface area contributed by atoms with Gasteiger partial charge in [-0.05, 0) is 43.2 Å². The third-order valence-electron chi connectivity index (χ3n) is 3.88. The number of sulfonamides is 1. The summed E-state index contributed by atoms with van der Waals surface area (Å²) < 4.78 is 51.9. The summed E-state index contributed by atoms with van der Waals surface area (Å²) in [6.45, 7) is 1.76. The minimum atomic E-state index is -3.58. The number of nitrogens with zero attached hydrogens (tertiary/aromatic N) is 1. The minimum Gasteiger partial charge on any atom is -0.324 e. The zero-order chi connectivity index (χ0) is 20.2. The molecule has 0 aliphatic carbocycles. The minimum absolute atomic E-state index is 0.0392. The van der Waals surface area contributed by atoms with Gasteiger partial charge < -0.3 is 5.32 Å². The molecule has 5 nitrogen and oxygen atoms in total. The van der Waals surface area contributed by atoms with E-state index in [-0.39, 0.29) is 25.1 Å². The zero-order valence-corrected chi connectivity index (χ0v) is 16.4. The van der Waals surface area contributed by atoms with Crippen molar-refractivity contribution in [2.24, 2.45) is 0 Å². The molecule has 0 aliphatic heterocycles. The number of halogens is 3. The number of amides is 1. The first-order valence-electron chi connectivity index (χ1n) is 8.07. The van der Waals surface area contributed by atoms with Crippen molar-refractivity contribution in [2.75, 3.05) is 22.4 Å². The third kappa shape index (κ3) is 5.64. The fourth-order valence-corrected chi connectivity index (χ4v) is 3.70. The lowest BCUT2D eigenvalue weighted by molar-refractivity contribution is -0.116. The lowest BCUT2D eigenvalue weighted by Crippen LogP contribution is -2.32. The topological polar surface area (TPSA) is 66.5 Å². The second-order valence-corrected chi connectivity index (χ2v) is 8.31. The predicted octanol–water partition coefficient (Wildman–Crippen LogP) is 4.11. The molecule has 2 rings (SSSR count). The van der Waals surface area contributed by atoms with Gasteiger partial charge in [0.2, 0.25) is 15.9 Å². The Morgan fingerprint density at radius 2 is 1.93 bits per heavy atom. The molecule has 1 N–H and O–H groups in total. The van der Waals surface area contributed by atoms with Gasteiger partial charge in [-0.25, -0.2) is 17.2 Å². The van der Waals surface area contributed by atoms with Crippen molar-refractivity contribution in [1.29, 1.82) is 0 Å². The SMILES string of the molecule is Cc1c(Cl)cccc1N(CCCC(=O)Nc1ccc(F)cc1F)S(C)(=O)=O. The van der Waals surface area contributed by atoms with Crippen LogP contribution in [-0.2, 0) is 14.8 Å². The van der Waals surface area contributed by atoms with Crippen molar-refractivity contribution < 1.29 is 22.0 Å². The summed E-state index contributed by atoms with van der Waals surface area (Å²) in [5.74, 6) is -2.13. The summed E-state index contributed by atoms with van der Waals surface area (Å²) in [6.07, 6.45) is 1.23. The van der Waals surface area contributed by atoms with Crippen molar-refractivity contribution in [3.63, 3.8) is 0 Å². The maximum absolute atomic E-state index is 13.6. The molecule has 0 unspecified atom stereocenters. The third-order valence-corrected chi connectivity index (χ3v) is 5.47. The van der Waals surface area contributed by atoms with Crippen LogP contribution in [0.2, 0.25) is 5.02 Å². The molecule has 1 amide bonds. The van der Waals surface area contributed by atoms with E-state index in [4.69, 9.17) is 11.6 Å². The molecule has 146 valence electrons.